The number of aliphatic hydroxyl groups is 1. The van der Waals surface area contributed by atoms with E-state index >= 15 is 0 Å². The Morgan fingerprint density at radius 2 is 2.04 bits per heavy atom. The number of aliphatic hydroxyl groups excluding tert-OH is 1. The topological polar surface area (TPSA) is 72.9 Å². The molecular weight excluding hydrogens is 314 g/mol. The lowest BCUT2D eigenvalue weighted by molar-refractivity contribution is -0.133. The fraction of sp³-hybridized carbons (Fsp3) is 0.625. The second kappa shape index (κ2) is 8.42. The highest BCUT2D eigenvalue weighted by atomic mass is 32.1. The first-order chi connectivity index (χ1) is 11.0. The average Bonchev–Trinajstić information content (AvgIpc) is 3.00. The molecule has 2 N–H and O–H groups in total. The van der Waals surface area contributed by atoms with Gasteiger partial charge in [-0.3, -0.25) is 14.5 Å². The van der Waals surface area contributed by atoms with Crippen molar-refractivity contribution >= 4 is 23.2 Å². The highest BCUT2D eigenvalue weighted by molar-refractivity contribution is 7.10. The van der Waals surface area contributed by atoms with E-state index in [4.69, 9.17) is 0 Å². The first kappa shape index (κ1) is 17.9. The zero-order valence-corrected chi connectivity index (χ0v) is 14.5. The number of amides is 2. The summed E-state index contributed by atoms with van der Waals surface area (Å²) >= 11 is 1.55. The second-order valence-electron chi connectivity index (χ2n) is 6.00. The molecule has 2 atom stereocenters. The van der Waals surface area contributed by atoms with Crippen molar-refractivity contribution < 1.29 is 14.7 Å². The van der Waals surface area contributed by atoms with Crippen molar-refractivity contribution in [2.24, 2.45) is 0 Å². The van der Waals surface area contributed by atoms with E-state index in [2.05, 4.69) is 10.2 Å². The van der Waals surface area contributed by atoms with Gasteiger partial charge in [0.15, 0.2) is 0 Å². The molecule has 0 bridgehead atoms. The van der Waals surface area contributed by atoms with Crippen LogP contribution in [0.15, 0.2) is 17.5 Å². The minimum atomic E-state index is -0.347. The Bertz CT molecular complexity index is 511. The van der Waals surface area contributed by atoms with Crippen LogP contribution >= 0.6 is 11.3 Å². The molecule has 0 spiro atoms. The number of carbonyl (C=O) groups excluding carboxylic acids is 2. The molecular formula is C16H25N3O3S. The van der Waals surface area contributed by atoms with Crippen LogP contribution in [0.3, 0.4) is 0 Å². The molecule has 128 valence electrons. The van der Waals surface area contributed by atoms with Gasteiger partial charge in [0.2, 0.25) is 11.8 Å². The van der Waals surface area contributed by atoms with Crippen LogP contribution in [-0.2, 0) is 9.59 Å². The maximum absolute atomic E-state index is 12.5. The van der Waals surface area contributed by atoms with Crippen molar-refractivity contribution in [3.63, 3.8) is 0 Å². The standard InChI is InChI=1S/C16H25N3O3S/c1-12(20)11-18-5-7-19(8-6-18)16(22)10-14(17-13(2)21)15-4-3-9-23-15/h3-4,9,12,14,20H,5-8,10-11H2,1-2H3,(H,17,21)/t12-,14+/m1/s1. The van der Waals surface area contributed by atoms with Crippen molar-refractivity contribution in [1.29, 1.82) is 0 Å². The molecule has 1 aliphatic rings. The molecule has 2 heterocycles. The summed E-state index contributed by atoms with van der Waals surface area (Å²) in [6.45, 7) is 6.79. The monoisotopic (exact) mass is 339 g/mol. The van der Waals surface area contributed by atoms with Gasteiger partial charge in [0, 0.05) is 44.5 Å². The van der Waals surface area contributed by atoms with E-state index in [1.54, 1.807) is 18.3 Å². The summed E-state index contributed by atoms with van der Waals surface area (Å²) < 4.78 is 0. The third-order valence-corrected chi connectivity index (χ3v) is 4.88. The van der Waals surface area contributed by atoms with E-state index in [1.807, 2.05) is 22.4 Å². The molecule has 2 rings (SSSR count). The zero-order valence-electron chi connectivity index (χ0n) is 13.7. The summed E-state index contributed by atoms with van der Waals surface area (Å²) in [5.41, 5.74) is 0. The van der Waals surface area contributed by atoms with Crippen LogP contribution in [0.2, 0.25) is 0 Å². The summed E-state index contributed by atoms with van der Waals surface area (Å²) in [7, 11) is 0. The van der Waals surface area contributed by atoms with Crippen molar-refractivity contribution in [3.8, 4) is 0 Å². The SMILES string of the molecule is CC(=O)N[C@@H](CC(=O)N1CCN(C[C@@H](C)O)CC1)c1cccs1. The number of carbonyl (C=O) groups is 2. The highest BCUT2D eigenvalue weighted by Gasteiger charge is 2.25. The fourth-order valence-corrected chi connectivity index (χ4v) is 3.59. The molecule has 1 aromatic heterocycles. The summed E-state index contributed by atoms with van der Waals surface area (Å²) in [6.07, 6.45) is -0.0588. The van der Waals surface area contributed by atoms with Gasteiger partial charge in [-0.1, -0.05) is 6.07 Å². The van der Waals surface area contributed by atoms with Crippen LogP contribution in [0.5, 0.6) is 0 Å². The highest BCUT2D eigenvalue weighted by Crippen LogP contribution is 2.23. The van der Waals surface area contributed by atoms with Crippen molar-refractivity contribution in [2.75, 3.05) is 32.7 Å². The Labute approximate surface area is 141 Å². The van der Waals surface area contributed by atoms with Crippen molar-refractivity contribution in [3.05, 3.63) is 22.4 Å². The fourth-order valence-electron chi connectivity index (χ4n) is 2.81. The summed E-state index contributed by atoms with van der Waals surface area (Å²) in [6, 6.07) is 3.61. The van der Waals surface area contributed by atoms with Gasteiger partial charge in [0.25, 0.3) is 0 Å². The minimum absolute atomic E-state index is 0.0637. The molecule has 6 nitrogen and oxygen atoms in total. The molecule has 1 aromatic rings. The molecule has 1 fully saturated rings. The van der Waals surface area contributed by atoms with Gasteiger partial charge in [-0.15, -0.1) is 11.3 Å². The maximum atomic E-state index is 12.5. The zero-order chi connectivity index (χ0) is 16.8. The first-order valence-corrected chi connectivity index (χ1v) is 8.82. The van der Waals surface area contributed by atoms with Gasteiger partial charge in [-0.2, -0.15) is 0 Å². The van der Waals surface area contributed by atoms with Gasteiger partial charge in [0.1, 0.15) is 0 Å². The molecule has 0 aromatic carbocycles. The number of hydrogen-bond donors (Lipinski definition) is 2. The predicted molar refractivity (Wildman–Crippen MR) is 90.2 cm³/mol. The van der Waals surface area contributed by atoms with Gasteiger partial charge >= 0.3 is 0 Å². The van der Waals surface area contributed by atoms with Gasteiger partial charge in [-0.05, 0) is 18.4 Å². The normalized spacial score (nSPS) is 18.5. The molecule has 2 amide bonds. The van der Waals surface area contributed by atoms with Crippen LogP contribution in [0.1, 0.15) is 31.2 Å². The van der Waals surface area contributed by atoms with E-state index in [-0.39, 0.29) is 30.4 Å². The summed E-state index contributed by atoms with van der Waals surface area (Å²) in [5.74, 6) is -0.0631. The molecule has 1 aliphatic heterocycles. The Kier molecular flexibility index (Phi) is 6.56. The van der Waals surface area contributed by atoms with E-state index in [1.165, 1.54) is 6.92 Å². The Morgan fingerprint density at radius 3 is 2.57 bits per heavy atom. The van der Waals surface area contributed by atoms with Crippen LogP contribution in [0.25, 0.3) is 0 Å². The molecule has 0 unspecified atom stereocenters. The van der Waals surface area contributed by atoms with E-state index in [0.717, 1.165) is 18.0 Å². The van der Waals surface area contributed by atoms with Gasteiger partial charge in [-0.25, -0.2) is 0 Å². The Balaban J connectivity index is 1.88. The van der Waals surface area contributed by atoms with Crippen LogP contribution in [0, 0.1) is 0 Å². The third kappa shape index (κ3) is 5.60. The largest absolute Gasteiger partial charge is 0.392 e. The predicted octanol–water partition coefficient (Wildman–Crippen LogP) is 0.840. The lowest BCUT2D eigenvalue weighted by Gasteiger charge is -2.35. The number of β-amino-alcohol motifs (C(OH)–C–C–N with tert-alkyl or cyclic N) is 1. The molecule has 0 saturated carbocycles. The molecule has 7 heteroatoms. The molecule has 1 saturated heterocycles. The van der Waals surface area contributed by atoms with Crippen molar-refractivity contribution in [1.82, 2.24) is 15.1 Å². The van der Waals surface area contributed by atoms with Crippen molar-refractivity contribution in [2.45, 2.75) is 32.4 Å². The lowest BCUT2D eigenvalue weighted by atomic mass is 10.1. The smallest absolute Gasteiger partial charge is 0.225 e. The number of thiophene rings is 1. The number of nitrogens with one attached hydrogen (secondary N) is 1. The van der Waals surface area contributed by atoms with E-state index < -0.39 is 0 Å². The quantitative estimate of drug-likeness (QED) is 0.806. The average molecular weight is 339 g/mol. The van der Waals surface area contributed by atoms with Crippen LogP contribution in [-0.4, -0.2) is 65.5 Å². The van der Waals surface area contributed by atoms with Gasteiger partial charge < -0.3 is 15.3 Å². The van der Waals surface area contributed by atoms with Crippen LogP contribution in [0.4, 0.5) is 0 Å². The first-order valence-electron chi connectivity index (χ1n) is 7.94. The Hall–Kier alpha value is -1.44. The third-order valence-electron chi connectivity index (χ3n) is 3.89. The second-order valence-corrected chi connectivity index (χ2v) is 6.98. The summed E-state index contributed by atoms with van der Waals surface area (Å²) in [5, 5.41) is 14.2. The molecule has 0 aliphatic carbocycles. The minimum Gasteiger partial charge on any atom is -0.392 e. The lowest BCUT2D eigenvalue weighted by Crippen LogP contribution is -2.50. The molecule has 23 heavy (non-hydrogen) atoms. The van der Waals surface area contributed by atoms with Crippen LogP contribution < -0.4 is 5.32 Å². The van der Waals surface area contributed by atoms with Gasteiger partial charge in [0.05, 0.1) is 18.6 Å². The number of rotatable bonds is 6. The Morgan fingerprint density at radius 1 is 1.35 bits per heavy atom. The number of piperazine rings is 1. The molecule has 0 radical (unpaired) electrons. The number of hydrogen-bond acceptors (Lipinski definition) is 5. The number of nitrogens with zero attached hydrogens (tertiary/aromatic N) is 2. The maximum Gasteiger partial charge on any atom is 0.225 e. The summed E-state index contributed by atoms with van der Waals surface area (Å²) in [4.78, 5) is 28.9. The van der Waals surface area contributed by atoms with E-state index in [0.29, 0.717) is 19.6 Å². The van der Waals surface area contributed by atoms with E-state index in [9.17, 15) is 14.7 Å².